The summed E-state index contributed by atoms with van der Waals surface area (Å²) in [5.41, 5.74) is 1.25. The van der Waals surface area contributed by atoms with E-state index in [1.165, 1.54) is 24.3 Å². The van der Waals surface area contributed by atoms with E-state index in [0.29, 0.717) is 18.5 Å². The average Bonchev–Trinajstić information content (AvgIpc) is 2.46. The number of nitrogens with one attached hydrogen (secondary N) is 1. The van der Waals surface area contributed by atoms with Crippen LogP contribution >= 0.6 is 12.4 Å². The third kappa shape index (κ3) is 4.83. The van der Waals surface area contributed by atoms with Gasteiger partial charge in [-0.1, -0.05) is 24.3 Å². The molecular weight excluding hydrogens is 305 g/mol. The molecule has 0 unspecified atom stereocenters. The second kappa shape index (κ2) is 8.51. The van der Waals surface area contributed by atoms with Gasteiger partial charge in [0.1, 0.15) is 11.6 Å². The zero-order valence-corrected chi connectivity index (χ0v) is 13.1. The third-order valence-electron chi connectivity index (χ3n) is 3.32. The molecular formula is C17H19ClFNO2. The van der Waals surface area contributed by atoms with E-state index in [1.807, 2.05) is 6.07 Å². The molecule has 0 saturated heterocycles. The van der Waals surface area contributed by atoms with Crippen molar-refractivity contribution in [2.24, 2.45) is 5.92 Å². The van der Waals surface area contributed by atoms with Crippen LogP contribution in [0.3, 0.4) is 0 Å². The van der Waals surface area contributed by atoms with Gasteiger partial charge in [0.25, 0.3) is 0 Å². The predicted molar refractivity (Wildman–Crippen MR) is 87.2 cm³/mol. The summed E-state index contributed by atoms with van der Waals surface area (Å²) in [6, 6.07) is 12.6. The van der Waals surface area contributed by atoms with E-state index in [0.717, 1.165) is 5.56 Å². The fourth-order valence-corrected chi connectivity index (χ4v) is 2.35. The zero-order valence-electron chi connectivity index (χ0n) is 12.3. The summed E-state index contributed by atoms with van der Waals surface area (Å²) in [4.78, 5) is 12.5. The number of Topliss-reactive ketones (excluding diaryl/α,β-unsaturated/α-hetero) is 1. The number of aromatic hydroxyl groups is 1. The minimum absolute atomic E-state index is 0. The van der Waals surface area contributed by atoms with Gasteiger partial charge in [0, 0.05) is 18.0 Å². The molecule has 22 heavy (non-hydrogen) atoms. The van der Waals surface area contributed by atoms with Gasteiger partial charge in [-0.3, -0.25) is 4.79 Å². The molecule has 2 aromatic rings. The Bertz CT molecular complexity index is 634. The summed E-state index contributed by atoms with van der Waals surface area (Å²) >= 11 is 0. The summed E-state index contributed by atoms with van der Waals surface area (Å²) in [7, 11) is 1.77. The summed E-state index contributed by atoms with van der Waals surface area (Å²) in [5.74, 6) is -0.613. The number of rotatable bonds is 6. The molecule has 0 saturated carbocycles. The van der Waals surface area contributed by atoms with E-state index in [4.69, 9.17) is 0 Å². The molecule has 0 amide bonds. The van der Waals surface area contributed by atoms with E-state index in [2.05, 4.69) is 5.32 Å². The van der Waals surface area contributed by atoms with Gasteiger partial charge in [-0.05, 0) is 43.3 Å². The highest BCUT2D eigenvalue weighted by Crippen LogP contribution is 2.18. The summed E-state index contributed by atoms with van der Waals surface area (Å²) in [5, 5.41) is 12.5. The molecule has 118 valence electrons. The van der Waals surface area contributed by atoms with Crippen molar-refractivity contribution in [1.82, 2.24) is 5.32 Å². The summed E-state index contributed by atoms with van der Waals surface area (Å²) in [6.45, 7) is 0.491. The van der Waals surface area contributed by atoms with Crippen molar-refractivity contribution >= 4 is 18.2 Å². The third-order valence-corrected chi connectivity index (χ3v) is 3.32. The van der Waals surface area contributed by atoms with Gasteiger partial charge in [-0.2, -0.15) is 0 Å². The van der Waals surface area contributed by atoms with Crippen LogP contribution < -0.4 is 5.32 Å². The highest BCUT2D eigenvalue weighted by molar-refractivity contribution is 5.98. The number of phenolic OH excluding ortho intramolecular Hbond substituents is 1. The lowest BCUT2D eigenvalue weighted by molar-refractivity contribution is 0.0918. The van der Waals surface area contributed by atoms with Gasteiger partial charge < -0.3 is 10.4 Å². The molecule has 1 atom stereocenters. The Balaban J connectivity index is 0.00000242. The number of hydrogen-bond donors (Lipinski definition) is 2. The first-order chi connectivity index (χ1) is 10.1. The topological polar surface area (TPSA) is 49.3 Å². The minimum Gasteiger partial charge on any atom is -0.508 e. The molecule has 2 N–H and O–H groups in total. The molecule has 0 radical (unpaired) electrons. The van der Waals surface area contributed by atoms with Crippen molar-refractivity contribution < 1.29 is 14.3 Å². The van der Waals surface area contributed by atoms with Gasteiger partial charge in [-0.25, -0.2) is 4.39 Å². The van der Waals surface area contributed by atoms with Crippen molar-refractivity contribution in [3.8, 4) is 5.75 Å². The maximum atomic E-state index is 13.2. The molecule has 5 heteroatoms. The fourth-order valence-electron chi connectivity index (χ4n) is 2.35. The molecule has 2 aromatic carbocycles. The van der Waals surface area contributed by atoms with Crippen LogP contribution in [-0.2, 0) is 6.42 Å². The maximum Gasteiger partial charge on any atom is 0.167 e. The van der Waals surface area contributed by atoms with Crippen LogP contribution in [0.5, 0.6) is 5.75 Å². The smallest absolute Gasteiger partial charge is 0.167 e. The first-order valence-electron chi connectivity index (χ1n) is 6.82. The van der Waals surface area contributed by atoms with Gasteiger partial charge in [0.05, 0.1) is 0 Å². The molecule has 0 bridgehead atoms. The SMILES string of the molecule is CNC[C@H](Cc1cccc(F)c1)C(=O)c1cccc(O)c1.Cl. The van der Waals surface area contributed by atoms with Crippen molar-refractivity contribution in [2.75, 3.05) is 13.6 Å². The molecule has 2 rings (SSSR count). The van der Waals surface area contributed by atoms with Crippen molar-refractivity contribution in [2.45, 2.75) is 6.42 Å². The Hall–Kier alpha value is -1.91. The van der Waals surface area contributed by atoms with Crippen LogP contribution in [0.4, 0.5) is 4.39 Å². The summed E-state index contributed by atoms with van der Waals surface area (Å²) in [6.07, 6.45) is 0.451. The lowest BCUT2D eigenvalue weighted by atomic mass is 9.91. The molecule has 0 fully saturated rings. The van der Waals surface area contributed by atoms with Gasteiger partial charge in [0.15, 0.2) is 5.78 Å². The van der Waals surface area contributed by atoms with Crippen LogP contribution in [0.1, 0.15) is 15.9 Å². The number of hydrogen-bond acceptors (Lipinski definition) is 3. The van der Waals surface area contributed by atoms with Gasteiger partial charge in [-0.15, -0.1) is 12.4 Å². The van der Waals surface area contributed by atoms with E-state index in [1.54, 1.807) is 25.2 Å². The standard InChI is InChI=1S/C17H18FNO2.ClH/c1-19-11-14(8-12-4-2-6-15(18)9-12)17(21)13-5-3-7-16(20)10-13;/h2-7,9-10,14,19-20H,8,11H2,1H3;1H/t14-;/m0./s1. The Morgan fingerprint density at radius 3 is 2.59 bits per heavy atom. The highest BCUT2D eigenvalue weighted by atomic mass is 35.5. The van der Waals surface area contributed by atoms with Crippen LogP contribution in [0, 0.1) is 11.7 Å². The van der Waals surface area contributed by atoms with Crippen LogP contribution in [0.25, 0.3) is 0 Å². The molecule has 0 aromatic heterocycles. The number of carbonyl (C=O) groups excluding carboxylic acids is 1. The maximum absolute atomic E-state index is 13.2. The number of halogens is 2. The van der Waals surface area contributed by atoms with Crippen LogP contribution in [-0.4, -0.2) is 24.5 Å². The zero-order chi connectivity index (χ0) is 15.2. The molecule has 0 aliphatic heterocycles. The van der Waals surface area contributed by atoms with Crippen LogP contribution in [0.2, 0.25) is 0 Å². The molecule has 0 spiro atoms. The Morgan fingerprint density at radius 2 is 1.95 bits per heavy atom. The second-order valence-electron chi connectivity index (χ2n) is 5.00. The molecule has 3 nitrogen and oxygen atoms in total. The van der Waals surface area contributed by atoms with Gasteiger partial charge >= 0.3 is 0 Å². The number of carbonyl (C=O) groups is 1. The average molecular weight is 324 g/mol. The van der Waals surface area contributed by atoms with E-state index in [9.17, 15) is 14.3 Å². The summed E-state index contributed by atoms with van der Waals surface area (Å²) < 4.78 is 13.2. The van der Waals surface area contributed by atoms with Crippen molar-refractivity contribution in [3.05, 3.63) is 65.5 Å². The number of benzene rings is 2. The first-order valence-corrected chi connectivity index (χ1v) is 6.82. The quantitative estimate of drug-likeness (QED) is 0.803. The van der Waals surface area contributed by atoms with Crippen molar-refractivity contribution in [1.29, 1.82) is 0 Å². The molecule has 0 aliphatic rings. The number of phenols is 1. The highest BCUT2D eigenvalue weighted by Gasteiger charge is 2.20. The molecule has 0 heterocycles. The Morgan fingerprint density at radius 1 is 1.23 bits per heavy atom. The second-order valence-corrected chi connectivity index (χ2v) is 5.00. The van der Waals surface area contributed by atoms with E-state index >= 15 is 0 Å². The Labute approximate surface area is 135 Å². The lowest BCUT2D eigenvalue weighted by Crippen LogP contribution is -2.28. The predicted octanol–water partition coefficient (Wildman–Crippen LogP) is 3.21. The van der Waals surface area contributed by atoms with Crippen LogP contribution in [0.15, 0.2) is 48.5 Å². The van der Waals surface area contributed by atoms with Crippen molar-refractivity contribution in [3.63, 3.8) is 0 Å². The first kappa shape index (κ1) is 18.1. The fraction of sp³-hybridized carbons (Fsp3) is 0.235. The number of ketones is 1. The van der Waals surface area contributed by atoms with E-state index in [-0.39, 0.29) is 35.7 Å². The molecule has 0 aliphatic carbocycles. The largest absolute Gasteiger partial charge is 0.508 e. The minimum atomic E-state index is -0.307. The van der Waals surface area contributed by atoms with Gasteiger partial charge in [0.2, 0.25) is 0 Å². The lowest BCUT2D eigenvalue weighted by Gasteiger charge is -2.16. The monoisotopic (exact) mass is 323 g/mol. The normalized spacial score (nSPS) is 11.5. The Kier molecular flexibility index (Phi) is 7.02. The van der Waals surface area contributed by atoms with E-state index < -0.39 is 0 Å².